The first kappa shape index (κ1) is 21.2. The van der Waals surface area contributed by atoms with Gasteiger partial charge >= 0.3 is 5.97 Å². The molecule has 0 aromatic heterocycles. The van der Waals surface area contributed by atoms with Crippen LogP contribution in [0.5, 0.6) is 0 Å². The summed E-state index contributed by atoms with van der Waals surface area (Å²) in [5, 5.41) is 5.16. The van der Waals surface area contributed by atoms with Crippen molar-refractivity contribution in [3.8, 4) is 0 Å². The Balaban J connectivity index is 1.67. The van der Waals surface area contributed by atoms with E-state index in [0.717, 1.165) is 12.0 Å². The summed E-state index contributed by atoms with van der Waals surface area (Å²) in [6, 6.07) is 16.8. The number of nitrogens with one attached hydrogen (secondary N) is 2. The molecule has 2 aromatic carbocycles. The van der Waals surface area contributed by atoms with Crippen LogP contribution < -0.4 is 10.6 Å². The van der Waals surface area contributed by atoms with Gasteiger partial charge in [0.2, 0.25) is 5.91 Å². The fourth-order valence-corrected chi connectivity index (χ4v) is 2.54. The van der Waals surface area contributed by atoms with Gasteiger partial charge in [-0.2, -0.15) is 0 Å². The Morgan fingerprint density at radius 1 is 0.964 bits per heavy atom. The maximum absolute atomic E-state index is 11.9. The highest BCUT2D eigenvalue weighted by atomic mass is 16.5. The van der Waals surface area contributed by atoms with Gasteiger partial charge in [0.1, 0.15) is 6.54 Å². The number of carbonyl (C=O) groups is 3. The number of ether oxygens (including phenoxy) is 1. The third-order valence-electron chi connectivity index (χ3n) is 4.38. The number of rotatable bonds is 9. The van der Waals surface area contributed by atoms with Crippen molar-refractivity contribution in [2.24, 2.45) is 0 Å². The van der Waals surface area contributed by atoms with Crippen LogP contribution in [-0.4, -0.2) is 30.9 Å². The van der Waals surface area contributed by atoms with E-state index in [9.17, 15) is 14.4 Å². The van der Waals surface area contributed by atoms with Gasteiger partial charge in [0.25, 0.3) is 5.91 Å². The molecule has 0 aliphatic carbocycles. The molecule has 0 fully saturated rings. The average molecular weight is 382 g/mol. The first-order valence-electron chi connectivity index (χ1n) is 9.34. The minimum Gasteiger partial charge on any atom is -0.454 e. The van der Waals surface area contributed by atoms with E-state index in [2.05, 4.69) is 24.5 Å². The maximum atomic E-state index is 11.9. The summed E-state index contributed by atoms with van der Waals surface area (Å²) in [4.78, 5) is 35.4. The van der Waals surface area contributed by atoms with E-state index < -0.39 is 18.5 Å². The Labute approximate surface area is 165 Å². The summed E-state index contributed by atoms with van der Waals surface area (Å²) in [6.07, 6.45) is 1.23. The molecule has 0 saturated heterocycles. The smallest absolute Gasteiger partial charge is 0.325 e. The van der Waals surface area contributed by atoms with E-state index in [1.54, 1.807) is 0 Å². The van der Waals surface area contributed by atoms with Crippen LogP contribution in [0.3, 0.4) is 0 Å². The molecule has 0 spiro atoms. The quantitative estimate of drug-likeness (QED) is 0.653. The average Bonchev–Trinajstić information content (AvgIpc) is 2.71. The van der Waals surface area contributed by atoms with Gasteiger partial charge in [-0.25, -0.2) is 0 Å². The zero-order valence-electron chi connectivity index (χ0n) is 16.2. The second-order valence-corrected chi connectivity index (χ2v) is 6.58. The van der Waals surface area contributed by atoms with Crippen LogP contribution in [0.2, 0.25) is 0 Å². The number of benzene rings is 2. The van der Waals surface area contributed by atoms with Crippen molar-refractivity contribution < 1.29 is 19.1 Å². The zero-order chi connectivity index (χ0) is 20.4. The highest BCUT2D eigenvalue weighted by Gasteiger charge is 2.10. The van der Waals surface area contributed by atoms with Gasteiger partial charge in [-0.3, -0.25) is 14.4 Å². The molecule has 1 atom stereocenters. The Bertz CT molecular complexity index is 788. The van der Waals surface area contributed by atoms with Crippen LogP contribution in [0.1, 0.15) is 37.3 Å². The molecule has 0 bridgehead atoms. The van der Waals surface area contributed by atoms with E-state index in [-0.39, 0.29) is 18.9 Å². The van der Waals surface area contributed by atoms with Crippen LogP contribution in [0.15, 0.2) is 54.6 Å². The summed E-state index contributed by atoms with van der Waals surface area (Å²) in [5.41, 5.74) is 2.70. The second-order valence-electron chi connectivity index (χ2n) is 6.58. The molecule has 2 aromatic rings. The van der Waals surface area contributed by atoms with E-state index in [4.69, 9.17) is 4.74 Å². The fourth-order valence-electron chi connectivity index (χ4n) is 2.54. The molecule has 0 aliphatic heterocycles. The van der Waals surface area contributed by atoms with Gasteiger partial charge in [-0.15, -0.1) is 0 Å². The first-order valence-corrected chi connectivity index (χ1v) is 9.34. The number of hydrogen-bond acceptors (Lipinski definition) is 4. The van der Waals surface area contributed by atoms with Gasteiger partial charge in [0.05, 0.1) is 6.42 Å². The predicted octanol–water partition coefficient (Wildman–Crippen LogP) is 3.04. The van der Waals surface area contributed by atoms with Gasteiger partial charge in [-0.05, 0) is 35.6 Å². The number of esters is 1. The summed E-state index contributed by atoms with van der Waals surface area (Å²) in [5.74, 6) is -0.916. The van der Waals surface area contributed by atoms with E-state index in [1.807, 2.05) is 54.6 Å². The lowest BCUT2D eigenvalue weighted by Gasteiger charge is -2.11. The molecule has 6 nitrogen and oxygen atoms in total. The van der Waals surface area contributed by atoms with Crippen LogP contribution >= 0.6 is 0 Å². The molecule has 0 aliphatic rings. The number of carbonyl (C=O) groups excluding carboxylic acids is 3. The van der Waals surface area contributed by atoms with Crippen molar-refractivity contribution in [3.63, 3.8) is 0 Å². The molecule has 148 valence electrons. The molecule has 28 heavy (non-hydrogen) atoms. The largest absolute Gasteiger partial charge is 0.454 e. The first-order chi connectivity index (χ1) is 13.5. The minimum absolute atomic E-state index is 0.182. The second kappa shape index (κ2) is 10.9. The minimum atomic E-state index is -0.663. The van der Waals surface area contributed by atoms with Gasteiger partial charge in [0.15, 0.2) is 6.61 Å². The number of anilines is 1. The summed E-state index contributed by atoms with van der Waals surface area (Å²) < 4.78 is 4.89. The fraction of sp³-hybridized carbons (Fsp3) is 0.318. The summed E-state index contributed by atoms with van der Waals surface area (Å²) in [7, 11) is 0. The zero-order valence-corrected chi connectivity index (χ0v) is 16.2. The Morgan fingerprint density at radius 2 is 1.64 bits per heavy atom. The summed E-state index contributed by atoms with van der Waals surface area (Å²) in [6.45, 7) is 3.59. The van der Waals surface area contributed by atoms with Crippen molar-refractivity contribution >= 4 is 23.5 Å². The Morgan fingerprint density at radius 3 is 2.29 bits per heavy atom. The normalized spacial score (nSPS) is 11.4. The van der Waals surface area contributed by atoms with Crippen LogP contribution in [-0.2, 0) is 25.5 Å². The van der Waals surface area contributed by atoms with E-state index in [1.165, 1.54) is 5.56 Å². The lowest BCUT2D eigenvalue weighted by Crippen LogP contribution is -2.33. The topological polar surface area (TPSA) is 84.5 Å². The lowest BCUT2D eigenvalue weighted by molar-refractivity contribution is -0.147. The molecule has 2 N–H and O–H groups in total. The van der Waals surface area contributed by atoms with Gasteiger partial charge < -0.3 is 15.4 Å². The Hall–Kier alpha value is -3.15. The monoisotopic (exact) mass is 382 g/mol. The molecular weight excluding hydrogens is 356 g/mol. The van der Waals surface area contributed by atoms with Crippen LogP contribution in [0.25, 0.3) is 0 Å². The van der Waals surface area contributed by atoms with Crippen LogP contribution in [0.4, 0.5) is 5.69 Å². The molecule has 2 rings (SSSR count). The van der Waals surface area contributed by atoms with Crippen molar-refractivity contribution in [2.45, 2.75) is 32.6 Å². The Kier molecular flexibility index (Phi) is 8.21. The van der Waals surface area contributed by atoms with Crippen LogP contribution in [0, 0.1) is 0 Å². The third-order valence-corrected chi connectivity index (χ3v) is 4.38. The SMILES string of the molecule is CC[C@@H](C)c1ccc(NC(=O)COC(=O)CNC(=O)Cc2ccccc2)cc1. The summed E-state index contributed by atoms with van der Waals surface area (Å²) >= 11 is 0. The molecule has 0 unspecified atom stereocenters. The van der Waals surface area contributed by atoms with Gasteiger partial charge in [0, 0.05) is 5.69 Å². The van der Waals surface area contributed by atoms with E-state index in [0.29, 0.717) is 11.6 Å². The van der Waals surface area contributed by atoms with Crippen molar-refractivity contribution in [1.82, 2.24) is 5.32 Å². The highest BCUT2D eigenvalue weighted by Crippen LogP contribution is 2.20. The molecule has 2 amide bonds. The number of hydrogen-bond donors (Lipinski definition) is 2. The van der Waals surface area contributed by atoms with Gasteiger partial charge in [-0.1, -0.05) is 56.3 Å². The maximum Gasteiger partial charge on any atom is 0.325 e. The highest BCUT2D eigenvalue weighted by molar-refractivity contribution is 5.93. The lowest BCUT2D eigenvalue weighted by atomic mass is 9.99. The predicted molar refractivity (Wildman–Crippen MR) is 108 cm³/mol. The standard InChI is InChI=1S/C22H26N2O4/c1-3-16(2)18-9-11-19(12-10-18)24-21(26)15-28-22(27)14-23-20(25)13-17-7-5-4-6-8-17/h4-12,16H,3,13-15H2,1-2H3,(H,23,25)(H,24,26)/t16-/m1/s1. The molecule has 6 heteroatoms. The van der Waals surface area contributed by atoms with E-state index >= 15 is 0 Å². The molecule has 0 radical (unpaired) electrons. The van der Waals surface area contributed by atoms with Crippen molar-refractivity contribution in [1.29, 1.82) is 0 Å². The van der Waals surface area contributed by atoms with Crippen molar-refractivity contribution in [3.05, 3.63) is 65.7 Å². The number of amides is 2. The molecular formula is C22H26N2O4. The molecule has 0 saturated carbocycles. The third kappa shape index (κ3) is 7.23. The van der Waals surface area contributed by atoms with Crippen molar-refractivity contribution in [2.75, 3.05) is 18.5 Å². The molecule has 0 heterocycles.